The zero-order chi connectivity index (χ0) is 9.40. The lowest BCUT2D eigenvalue weighted by Crippen LogP contribution is -2.30. The Labute approximate surface area is 76.4 Å². The van der Waals surface area contributed by atoms with Gasteiger partial charge in [-0.25, -0.2) is 0 Å². The predicted octanol–water partition coefficient (Wildman–Crippen LogP) is -0.605. The van der Waals surface area contributed by atoms with Gasteiger partial charge in [0.25, 0.3) is 0 Å². The second-order valence-electron chi connectivity index (χ2n) is 1.82. The fourth-order valence-corrected chi connectivity index (χ4v) is 0.589. The quantitative estimate of drug-likeness (QED) is 0.703. The van der Waals surface area contributed by atoms with Crippen LogP contribution < -0.4 is 8.40 Å². The maximum absolute atomic E-state index is 8.63. The first-order chi connectivity index (χ1) is 5.66. The molecule has 0 atom stereocenters. The summed E-state index contributed by atoms with van der Waals surface area (Å²) in [4.78, 5) is 0. The minimum atomic E-state index is -3.40. The van der Waals surface area contributed by atoms with Gasteiger partial charge >= 0.3 is 14.8 Å². The molecule has 1 N–H and O–H groups in total. The second kappa shape index (κ2) is 7.00. The van der Waals surface area contributed by atoms with E-state index in [1.807, 2.05) is 36.4 Å². The maximum Gasteiger partial charge on any atom is 0.433 e. The van der Waals surface area contributed by atoms with Gasteiger partial charge in [0.1, 0.15) is 0 Å². The second-order valence-corrected chi connectivity index (χ2v) is 2.66. The smallest absolute Gasteiger partial charge is 0.372 e. The van der Waals surface area contributed by atoms with Gasteiger partial charge in [0.15, 0.2) is 0 Å². The minimum Gasteiger partial charge on any atom is -0.372 e. The molecule has 0 saturated carbocycles. The molecule has 1 rings (SSSR count). The van der Waals surface area contributed by atoms with Gasteiger partial charge in [0.05, 0.1) is 0 Å². The van der Waals surface area contributed by atoms with Crippen LogP contribution in [0, 0.1) is 14.8 Å². The molecular formula is C8H9BrO3. The number of hydrogen-bond donors (Lipinski definition) is 1. The van der Waals surface area contributed by atoms with Crippen molar-refractivity contribution in [1.29, 1.82) is 0 Å². The van der Waals surface area contributed by atoms with E-state index in [0.29, 0.717) is 0 Å². The van der Waals surface area contributed by atoms with Crippen LogP contribution >= 0.6 is 0 Å². The zero-order valence-electron chi connectivity index (χ0n) is 6.31. The summed E-state index contributed by atoms with van der Waals surface area (Å²) in [5, 5.41) is 0. The molecule has 0 fully saturated rings. The molecule has 0 unspecified atom stereocenters. The molecule has 1 aromatic rings. The Morgan fingerprint density at radius 2 is 1.67 bits per heavy atom. The third-order valence-corrected chi connectivity index (χ3v) is 1.04. The van der Waals surface area contributed by atoms with Crippen LogP contribution in [0.1, 0.15) is 5.56 Å². The van der Waals surface area contributed by atoms with E-state index < -0.39 is 14.8 Å². The molecular weight excluding hydrogens is 224 g/mol. The highest BCUT2D eigenvalue weighted by atomic mass is 80.0. The first kappa shape index (κ1) is 11.3. The summed E-state index contributed by atoms with van der Waals surface area (Å²) >= 11 is -3.40. The van der Waals surface area contributed by atoms with E-state index in [1.54, 1.807) is 0 Å². The number of hydrogen-bond acceptors (Lipinski definition) is 3. The van der Waals surface area contributed by atoms with Crippen LogP contribution in [0.25, 0.3) is 6.08 Å². The van der Waals surface area contributed by atoms with Crippen molar-refractivity contribution in [3.05, 3.63) is 42.5 Å². The average molecular weight is 233 g/mol. The summed E-state index contributed by atoms with van der Waals surface area (Å²) in [5.41, 5.74) is 1.17. The lowest BCUT2D eigenvalue weighted by atomic mass is 10.2. The summed E-state index contributed by atoms with van der Waals surface area (Å²) in [6, 6.07) is 10.0. The largest absolute Gasteiger partial charge is 0.433 e. The first-order valence-electron chi connectivity index (χ1n) is 3.09. The summed E-state index contributed by atoms with van der Waals surface area (Å²) in [7, 11) is 0. The molecule has 12 heavy (non-hydrogen) atoms. The minimum absolute atomic E-state index is 1.17. The third kappa shape index (κ3) is 7.43. The van der Waals surface area contributed by atoms with Crippen molar-refractivity contribution in [2.24, 2.45) is 0 Å². The summed E-state index contributed by atoms with van der Waals surface area (Å²) in [6.07, 6.45) is 1.83. The Morgan fingerprint density at radius 1 is 1.25 bits per heavy atom. The van der Waals surface area contributed by atoms with Crippen LogP contribution in [-0.2, 0) is 0 Å². The Balaban J connectivity index is 0.000000261. The van der Waals surface area contributed by atoms with E-state index in [2.05, 4.69) is 6.58 Å². The van der Waals surface area contributed by atoms with E-state index in [4.69, 9.17) is 12.6 Å². The predicted molar refractivity (Wildman–Crippen MR) is 38.8 cm³/mol. The molecule has 3 nitrogen and oxygen atoms in total. The van der Waals surface area contributed by atoms with E-state index in [-0.39, 0.29) is 0 Å². The van der Waals surface area contributed by atoms with Gasteiger partial charge in [0.2, 0.25) is 0 Å². The van der Waals surface area contributed by atoms with Gasteiger partial charge in [-0.1, -0.05) is 43.0 Å². The first-order valence-corrected chi connectivity index (χ1v) is 5.09. The highest BCUT2D eigenvalue weighted by molar-refractivity contribution is 5.45. The Kier molecular flexibility index (Phi) is 6.60. The van der Waals surface area contributed by atoms with Gasteiger partial charge in [0, 0.05) is 0 Å². The van der Waals surface area contributed by atoms with Crippen LogP contribution in [0.2, 0.25) is 0 Å². The molecule has 0 aliphatic heterocycles. The van der Waals surface area contributed by atoms with E-state index >= 15 is 0 Å². The fourth-order valence-electron chi connectivity index (χ4n) is 0.589. The van der Waals surface area contributed by atoms with Crippen molar-refractivity contribution in [2.75, 3.05) is 0 Å². The number of rotatable bonds is 1. The molecule has 0 amide bonds. The lowest BCUT2D eigenvalue weighted by Gasteiger charge is -1.85. The average Bonchev–Trinajstić information content (AvgIpc) is 2.05. The molecule has 0 aromatic heterocycles. The molecule has 0 aliphatic carbocycles. The van der Waals surface area contributed by atoms with Crippen molar-refractivity contribution < 1.29 is 27.4 Å². The Morgan fingerprint density at radius 3 is 1.92 bits per heavy atom. The van der Waals surface area contributed by atoms with Gasteiger partial charge in [-0.2, -0.15) is 0 Å². The van der Waals surface area contributed by atoms with Gasteiger partial charge < -0.3 is 8.40 Å². The normalized spacial score (nSPS) is 8.67. The van der Waals surface area contributed by atoms with Crippen LogP contribution in [0.15, 0.2) is 36.9 Å². The van der Waals surface area contributed by atoms with Crippen molar-refractivity contribution in [1.82, 2.24) is 0 Å². The van der Waals surface area contributed by atoms with Crippen molar-refractivity contribution >= 4 is 6.08 Å². The summed E-state index contributed by atoms with van der Waals surface area (Å²) in [5.74, 6) is 0. The van der Waals surface area contributed by atoms with E-state index in [1.165, 1.54) is 5.56 Å². The van der Waals surface area contributed by atoms with Gasteiger partial charge in [-0.05, 0) is 9.76 Å². The van der Waals surface area contributed by atoms with Crippen LogP contribution in [0.4, 0.5) is 0 Å². The van der Waals surface area contributed by atoms with E-state index in [9.17, 15) is 0 Å². The van der Waals surface area contributed by atoms with Crippen molar-refractivity contribution in [2.45, 2.75) is 0 Å². The highest BCUT2D eigenvalue weighted by Crippen LogP contribution is 1.97. The topological polar surface area (TPSA) is 66.3 Å². The van der Waals surface area contributed by atoms with Gasteiger partial charge in [-0.3, -0.25) is 0 Å². The standard InChI is InChI=1S/C8H8.BrHO3/c1-2-8-6-4-3-5-7-8;2-1(3)4/h2-7H,1H2;2H. The monoisotopic (exact) mass is 232 g/mol. The summed E-state index contributed by atoms with van der Waals surface area (Å²) in [6.45, 7) is 3.63. The van der Waals surface area contributed by atoms with Crippen LogP contribution in [-0.4, -0.2) is 4.20 Å². The molecule has 0 spiro atoms. The molecule has 4 heteroatoms. The van der Waals surface area contributed by atoms with E-state index in [0.717, 1.165) is 0 Å². The highest BCUT2D eigenvalue weighted by Gasteiger charge is 1.86. The summed E-state index contributed by atoms with van der Waals surface area (Å²) < 4.78 is 24.3. The molecule has 0 aliphatic rings. The van der Waals surface area contributed by atoms with Crippen LogP contribution in [0.3, 0.4) is 0 Å². The van der Waals surface area contributed by atoms with Crippen LogP contribution in [0.5, 0.6) is 0 Å². The molecule has 0 bridgehead atoms. The van der Waals surface area contributed by atoms with Gasteiger partial charge in [-0.15, -0.1) is 0 Å². The number of benzene rings is 1. The van der Waals surface area contributed by atoms with Crippen molar-refractivity contribution in [3.63, 3.8) is 0 Å². The third-order valence-electron chi connectivity index (χ3n) is 1.04. The Bertz CT molecular complexity index is 208. The lowest BCUT2D eigenvalue weighted by molar-refractivity contribution is -1.63. The van der Waals surface area contributed by atoms with Crippen molar-refractivity contribution in [3.8, 4) is 0 Å². The molecule has 0 radical (unpaired) electrons. The maximum atomic E-state index is 8.63. The number of halogens is 1. The molecule has 0 heterocycles. The fraction of sp³-hybridized carbons (Fsp3) is 0. The molecule has 0 saturated heterocycles. The Hall–Kier alpha value is -0.680. The molecule has 1 aromatic carbocycles. The zero-order valence-corrected chi connectivity index (χ0v) is 7.90. The molecule has 66 valence electrons. The SMILES string of the molecule is C=Cc1ccccc1.[O-][Br+2]([O-])O.